The van der Waals surface area contributed by atoms with E-state index < -0.39 is 5.72 Å². The van der Waals surface area contributed by atoms with E-state index in [0.29, 0.717) is 0 Å². The molecule has 1 heterocycles. The minimum atomic E-state index is -0.421. The molecular weight excluding hydrogens is 274 g/mol. The fourth-order valence-corrected chi connectivity index (χ4v) is 3.34. The van der Waals surface area contributed by atoms with Crippen molar-refractivity contribution in [1.82, 2.24) is 15.0 Å². The number of hydrogen-bond acceptors (Lipinski definition) is 3. The number of hydrogen-bond donors (Lipinski definition) is 0. The van der Waals surface area contributed by atoms with Crippen molar-refractivity contribution in [2.45, 2.75) is 37.8 Å². The maximum absolute atomic E-state index is 6.46. The number of nitrogens with zero attached hydrogens (tertiary/aromatic N) is 3. The lowest BCUT2D eigenvalue weighted by molar-refractivity contribution is -0.0514. The molecule has 1 fully saturated rings. The van der Waals surface area contributed by atoms with E-state index in [1.165, 1.54) is 6.42 Å². The summed E-state index contributed by atoms with van der Waals surface area (Å²) in [4.78, 5) is 0. The van der Waals surface area contributed by atoms with Gasteiger partial charge in [-0.25, -0.2) is 4.68 Å². The molecule has 112 valence electrons. The molecule has 3 aromatic rings. The summed E-state index contributed by atoms with van der Waals surface area (Å²) in [6, 6.07) is 18.1. The zero-order valence-corrected chi connectivity index (χ0v) is 12.5. The van der Waals surface area contributed by atoms with Gasteiger partial charge in [0.25, 0.3) is 0 Å². The van der Waals surface area contributed by atoms with Crippen LogP contribution in [-0.2, 0) is 5.72 Å². The molecule has 0 unspecified atom stereocenters. The monoisotopic (exact) mass is 293 g/mol. The van der Waals surface area contributed by atoms with Crippen molar-refractivity contribution in [1.29, 1.82) is 0 Å². The number of ether oxygens (including phenoxy) is 1. The average Bonchev–Trinajstić information content (AvgIpc) is 3.01. The maximum atomic E-state index is 6.46. The van der Waals surface area contributed by atoms with Crippen LogP contribution in [0.1, 0.15) is 32.1 Å². The van der Waals surface area contributed by atoms with Crippen LogP contribution in [0.4, 0.5) is 0 Å². The quantitative estimate of drug-likeness (QED) is 0.729. The second-order valence-corrected chi connectivity index (χ2v) is 5.91. The molecule has 0 radical (unpaired) electrons. The lowest BCUT2D eigenvalue weighted by atomic mass is 9.91. The van der Waals surface area contributed by atoms with E-state index in [1.807, 2.05) is 53.2 Å². The first-order chi connectivity index (χ1) is 10.9. The van der Waals surface area contributed by atoms with Crippen LogP contribution >= 0.6 is 0 Å². The van der Waals surface area contributed by atoms with Gasteiger partial charge in [0, 0.05) is 12.8 Å². The standard InChI is InChI=1S/C18H19N3O/c1-3-9-15(10-4-1)22-18(13-7-2-8-14-18)21-17-12-6-5-11-16(17)19-20-21/h1,3-6,9-12H,2,7-8,13-14H2. The molecule has 0 aliphatic heterocycles. The van der Waals surface area contributed by atoms with Crippen LogP contribution in [0.15, 0.2) is 54.6 Å². The highest BCUT2D eigenvalue weighted by Gasteiger charge is 2.38. The summed E-state index contributed by atoms with van der Waals surface area (Å²) < 4.78 is 8.45. The van der Waals surface area contributed by atoms with E-state index in [9.17, 15) is 0 Å². The molecule has 1 aliphatic rings. The van der Waals surface area contributed by atoms with Gasteiger partial charge in [-0.15, -0.1) is 5.10 Å². The van der Waals surface area contributed by atoms with Crippen LogP contribution in [0.5, 0.6) is 5.75 Å². The van der Waals surface area contributed by atoms with Crippen molar-refractivity contribution >= 4 is 11.0 Å². The fourth-order valence-electron chi connectivity index (χ4n) is 3.34. The van der Waals surface area contributed by atoms with Gasteiger partial charge >= 0.3 is 0 Å². The summed E-state index contributed by atoms with van der Waals surface area (Å²) in [5.41, 5.74) is 1.54. The topological polar surface area (TPSA) is 39.9 Å². The predicted octanol–water partition coefficient (Wildman–Crippen LogP) is 4.13. The van der Waals surface area contributed by atoms with E-state index in [2.05, 4.69) is 16.4 Å². The molecule has 0 bridgehead atoms. The van der Waals surface area contributed by atoms with Gasteiger partial charge in [-0.05, 0) is 37.1 Å². The van der Waals surface area contributed by atoms with Crippen LogP contribution in [0.25, 0.3) is 11.0 Å². The number of benzene rings is 2. The average molecular weight is 293 g/mol. The number of fused-ring (bicyclic) bond motifs is 1. The van der Waals surface area contributed by atoms with Gasteiger partial charge in [-0.3, -0.25) is 0 Å². The van der Waals surface area contributed by atoms with Crippen molar-refractivity contribution in [3.05, 3.63) is 54.6 Å². The number of para-hydroxylation sites is 2. The molecule has 0 N–H and O–H groups in total. The molecule has 4 heteroatoms. The van der Waals surface area contributed by atoms with Crippen molar-refractivity contribution in [2.24, 2.45) is 0 Å². The van der Waals surface area contributed by atoms with Crippen LogP contribution in [0.2, 0.25) is 0 Å². The normalized spacial score (nSPS) is 17.5. The first-order valence-corrected chi connectivity index (χ1v) is 7.92. The Kier molecular flexibility index (Phi) is 3.29. The zero-order valence-electron chi connectivity index (χ0n) is 12.5. The van der Waals surface area contributed by atoms with Crippen LogP contribution < -0.4 is 4.74 Å². The fraction of sp³-hybridized carbons (Fsp3) is 0.333. The molecule has 0 spiro atoms. The lowest BCUT2D eigenvalue weighted by Crippen LogP contribution is -2.42. The summed E-state index contributed by atoms with van der Waals surface area (Å²) >= 11 is 0. The molecule has 4 rings (SSSR count). The second kappa shape index (κ2) is 5.44. The Morgan fingerprint density at radius 3 is 2.41 bits per heavy atom. The summed E-state index contributed by atoms with van der Waals surface area (Å²) in [5, 5.41) is 8.74. The highest BCUT2D eigenvalue weighted by molar-refractivity contribution is 5.74. The van der Waals surface area contributed by atoms with Gasteiger partial charge in [0.05, 0.1) is 5.52 Å². The number of rotatable bonds is 3. The third-order valence-corrected chi connectivity index (χ3v) is 4.42. The van der Waals surface area contributed by atoms with Crippen molar-refractivity contribution in [3.8, 4) is 5.75 Å². The Morgan fingerprint density at radius 2 is 1.59 bits per heavy atom. The highest BCUT2D eigenvalue weighted by atomic mass is 16.5. The van der Waals surface area contributed by atoms with Crippen molar-refractivity contribution < 1.29 is 4.74 Å². The second-order valence-electron chi connectivity index (χ2n) is 5.91. The maximum Gasteiger partial charge on any atom is 0.204 e. The molecule has 22 heavy (non-hydrogen) atoms. The van der Waals surface area contributed by atoms with E-state index in [1.54, 1.807) is 0 Å². The summed E-state index contributed by atoms with van der Waals surface area (Å²) in [7, 11) is 0. The van der Waals surface area contributed by atoms with E-state index in [-0.39, 0.29) is 0 Å². The Balaban J connectivity index is 1.80. The molecule has 0 saturated heterocycles. The third kappa shape index (κ3) is 2.25. The Labute approximate surface area is 129 Å². The summed E-state index contributed by atoms with van der Waals surface area (Å²) in [5.74, 6) is 0.893. The SMILES string of the molecule is c1ccc(OC2(n3nnc4ccccc43)CCCCC2)cc1. The van der Waals surface area contributed by atoms with Gasteiger partial charge in [0.15, 0.2) is 0 Å². The molecule has 1 saturated carbocycles. The molecule has 0 amide bonds. The van der Waals surface area contributed by atoms with E-state index >= 15 is 0 Å². The van der Waals surface area contributed by atoms with Gasteiger partial charge in [-0.2, -0.15) is 0 Å². The molecule has 2 aromatic carbocycles. The van der Waals surface area contributed by atoms with Crippen LogP contribution in [-0.4, -0.2) is 15.0 Å². The smallest absolute Gasteiger partial charge is 0.204 e. The Hall–Kier alpha value is -2.36. The minimum absolute atomic E-state index is 0.421. The first-order valence-electron chi connectivity index (χ1n) is 7.92. The van der Waals surface area contributed by atoms with E-state index in [4.69, 9.17) is 4.74 Å². The molecular formula is C18H19N3O. The number of aromatic nitrogens is 3. The highest BCUT2D eigenvalue weighted by Crippen LogP contribution is 2.38. The van der Waals surface area contributed by atoms with Gasteiger partial charge in [0.2, 0.25) is 5.72 Å². The molecule has 0 atom stereocenters. The van der Waals surface area contributed by atoms with E-state index in [0.717, 1.165) is 42.5 Å². The lowest BCUT2D eigenvalue weighted by Gasteiger charge is -2.37. The van der Waals surface area contributed by atoms with Crippen molar-refractivity contribution in [2.75, 3.05) is 0 Å². The third-order valence-electron chi connectivity index (χ3n) is 4.42. The predicted molar refractivity (Wildman–Crippen MR) is 85.7 cm³/mol. The Bertz CT molecular complexity index is 760. The molecule has 1 aromatic heterocycles. The Morgan fingerprint density at radius 1 is 0.864 bits per heavy atom. The zero-order chi connectivity index (χ0) is 14.8. The van der Waals surface area contributed by atoms with Gasteiger partial charge in [0.1, 0.15) is 11.3 Å². The summed E-state index contributed by atoms with van der Waals surface area (Å²) in [6.07, 6.45) is 5.50. The van der Waals surface area contributed by atoms with Gasteiger partial charge in [-0.1, -0.05) is 42.0 Å². The van der Waals surface area contributed by atoms with Gasteiger partial charge < -0.3 is 4.74 Å². The van der Waals surface area contributed by atoms with Crippen LogP contribution in [0.3, 0.4) is 0 Å². The first kappa shape index (κ1) is 13.3. The summed E-state index contributed by atoms with van der Waals surface area (Å²) in [6.45, 7) is 0. The minimum Gasteiger partial charge on any atom is -0.466 e. The molecule has 1 aliphatic carbocycles. The molecule has 4 nitrogen and oxygen atoms in total. The largest absolute Gasteiger partial charge is 0.466 e. The van der Waals surface area contributed by atoms with Crippen LogP contribution in [0, 0.1) is 0 Å². The van der Waals surface area contributed by atoms with Crippen molar-refractivity contribution in [3.63, 3.8) is 0 Å².